The van der Waals surface area contributed by atoms with Gasteiger partial charge in [0, 0.05) is 22.3 Å². The maximum Gasteiger partial charge on any atom is 0.127 e. The summed E-state index contributed by atoms with van der Waals surface area (Å²) in [5.41, 5.74) is 4.35. The van der Waals surface area contributed by atoms with Crippen molar-refractivity contribution in [1.29, 1.82) is 0 Å². The third-order valence-corrected chi connectivity index (χ3v) is 24.4. The highest BCUT2D eigenvalue weighted by molar-refractivity contribution is 7.81. The van der Waals surface area contributed by atoms with E-state index in [2.05, 4.69) is 315 Å². The van der Waals surface area contributed by atoms with Gasteiger partial charge in [-0.15, -0.1) is 0 Å². The van der Waals surface area contributed by atoms with Crippen LogP contribution in [0.1, 0.15) is 0 Å². The number of methoxy groups -OCH3 is 4. The van der Waals surface area contributed by atoms with Crippen LogP contribution >= 0.6 is 31.7 Å². The molecule has 0 amide bonds. The molecule has 0 aromatic heterocycles. The zero-order valence-electron chi connectivity index (χ0n) is 47.4. The molecule has 0 spiro atoms. The van der Waals surface area contributed by atoms with Gasteiger partial charge in [0.25, 0.3) is 0 Å². The molecule has 0 unspecified atom stereocenters. The summed E-state index contributed by atoms with van der Waals surface area (Å²) in [7, 11) is 3.47. The van der Waals surface area contributed by atoms with E-state index in [9.17, 15) is 0 Å². The van der Waals surface area contributed by atoms with Gasteiger partial charge in [-0.3, -0.25) is 0 Å². The highest BCUT2D eigenvalue weighted by Gasteiger charge is 2.32. The van der Waals surface area contributed by atoms with Gasteiger partial charge in [0.2, 0.25) is 0 Å². The van der Waals surface area contributed by atoms with E-state index in [-0.39, 0.29) is 0 Å². The monoisotopic (exact) mass is 1160 g/mol. The molecule has 0 saturated heterocycles. The molecule has 0 saturated carbocycles. The molecular weight excluding hydrogens is 1100 g/mol. The van der Waals surface area contributed by atoms with Gasteiger partial charge in [-0.25, -0.2) is 0 Å². The van der Waals surface area contributed by atoms with Gasteiger partial charge in [0.15, 0.2) is 0 Å². The van der Waals surface area contributed by atoms with Crippen molar-refractivity contribution in [2.45, 2.75) is 0 Å². The normalized spacial score (nSPS) is 11.0. The lowest BCUT2D eigenvalue weighted by Crippen LogP contribution is -2.26. The van der Waals surface area contributed by atoms with Crippen molar-refractivity contribution in [2.75, 3.05) is 28.4 Å². The van der Waals surface area contributed by atoms with Crippen molar-refractivity contribution in [3.05, 3.63) is 315 Å². The van der Waals surface area contributed by atoms with Crippen LogP contribution in [0.5, 0.6) is 23.0 Å². The largest absolute Gasteiger partial charge is 0.496 e. The number of ether oxygens (including phenoxy) is 4. The minimum Gasteiger partial charge on any atom is -0.496 e. The lowest BCUT2D eigenvalue weighted by atomic mass is 10.0. The first-order valence-corrected chi connectivity index (χ1v) is 33.3. The van der Waals surface area contributed by atoms with Crippen molar-refractivity contribution in [1.82, 2.24) is 0 Å². The van der Waals surface area contributed by atoms with Crippen LogP contribution in [0.25, 0.3) is 22.3 Å². The quantitative estimate of drug-likeness (QED) is 0.0803. The molecule has 4 nitrogen and oxygen atoms in total. The average Bonchev–Trinajstić information content (AvgIpc) is 2.42. The predicted octanol–water partition coefficient (Wildman–Crippen LogP) is 13.8. The van der Waals surface area contributed by atoms with Crippen LogP contribution in [0.15, 0.2) is 315 Å². The topological polar surface area (TPSA) is 36.9 Å². The first-order valence-electron chi connectivity index (χ1n) is 27.9. The van der Waals surface area contributed by atoms with E-state index < -0.39 is 31.7 Å². The molecule has 0 aliphatic rings. The Morgan fingerprint density at radius 3 is 0.440 bits per heavy atom. The fourth-order valence-corrected chi connectivity index (χ4v) is 20.7. The Balaban J connectivity index is 0.000000175. The molecule has 0 aliphatic heterocycles. The van der Waals surface area contributed by atoms with E-state index in [0.29, 0.717) is 0 Å². The van der Waals surface area contributed by atoms with Gasteiger partial charge in [0.1, 0.15) is 23.0 Å². The fraction of sp³-hybridized carbons (Fsp3) is 0.0526. The number of rotatable bonds is 18. The molecule has 412 valence electrons. The van der Waals surface area contributed by atoms with E-state index in [4.69, 9.17) is 18.9 Å². The van der Waals surface area contributed by atoms with Gasteiger partial charge in [-0.2, -0.15) is 0 Å². The van der Waals surface area contributed by atoms with Crippen molar-refractivity contribution in [2.24, 2.45) is 0 Å². The van der Waals surface area contributed by atoms with Crippen molar-refractivity contribution < 1.29 is 18.9 Å². The first-order chi connectivity index (χ1) is 41.6. The first kappa shape index (κ1) is 57.4. The number of hydrogen-bond acceptors (Lipinski definition) is 4. The van der Waals surface area contributed by atoms with Crippen LogP contribution in [0, 0.1) is 0 Å². The average molecular weight is 1170 g/mol. The molecule has 0 fully saturated rings. The van der Waals surface area contributed by atoms with Crippen LogP contribution in [-0.2, 0) is 0 Å². The van der Waals surface area contributed by atoms with Gasteiger partial charge < -0.3 is 18.9 Å². The summed E-state index contributed by atoms with van der Waals surface area (Å²) in [4.78, 5) is 0. The van der Waals surface area contributed by atoms with Crippen LogP contribution in [0.3, 0.4) is 0 Å². The highest BCUT2D eigenvalue weighted by Crippen LogP contribution is 2.49. The molecule has 0 aliphatic carbocycles. The molecule has 0 heterocycles. The number of hydrogen-bond donors (Lipinski definition) is 0. The standard InChI is InChI=1S/2C38H32O2P2/c2*1-39-33-25-15-27-35(41(29-17-7-3-8-18-29)30-19-9-4-10-20-30)37(33)38-34(40-2)26-16-28-36(38)42(31-21-11-5-12-22-31)32-23-13-6-14-24-32/h2*3-28H,1-2H3. The molecule has 12 aromatic rings. The van der Waals surface area contributed by atoms with E-state index >= 15 is 0 Å². The van der Waals surface area contributed by atoms with Crippen LogP contribution in [0.4, 0.5) is 0 Å². The Bertz CT molecular complexity index is 3320. The zero-order chi connectivity index (χ0) is 57.5. The van der Waals surface area contributed by atoms with Crippen LogP contribution in [0.2, 0.25) is 0 Å². The molecular formula is C76H64O4P4. The smallest absolute Gasteiger partial charge is 0.127 e. The lowest BCUT2D eigenvalue weighted by molar-refractivity contribution is 0.411. The van der Waals surface area contributed by atoms with Crippen molar-refractivity contribution in [3.63, 3.8) is 0 Å². The Hall–Kier alpha value is -8.44. The Kier molecular flexibility index (Phi) is 19.3. The van der Waals surface area contributed by atoms with E-state index in [1.165, 1.54) is 63.7 Å². The summed E-state index contributed by atoms with van der Waals surface area (Å²) in [6.45, 7) is 0. The maximum atomic E-state index is 6.17. The third-order valence-electron chi connectivity index (χ3n) is 14.5. The summed E-state index contributed by atoms with van der Waals surface area (Å²) in [5, 5.41) is 15.3. The van der Waals surface area contributed by atoms with Gasteiger partial charge >= 0.3 is 0 Å². The summed E-state index contributed by atoms with van der Waals surface area (Å²) < 4.78 is 24.7. The molecule has 0 atom stereocenters. The predicted molar refractivity (Wildman–Crippen MR) is 365 cm³/mol. The molecule has 0 bridgehead atoms. The van der Waals surface area contributed by atoms with E-state index in [1.54, 1.807) is 28.4 Å². The number of benzene rings is 12. The molecule has 8 heteroatoms. The van der Waals surface area contributed by atoms with E-state index in [1.807, 2.05) is 0 Å². The van der Waals surface area contributed by atoms with Gasteiger partial charge in [0.05, 0.1) is 28.4 Å². The molecule has 84 heavy (non-hydrogen) atoms. The second kappa shape index (κ2) is 28.2. The summed E-state index contributed by atoms with van der Waals surface area (Å²) in [6.07, 6.45) is 0. The van der Waals surface area contributed by atoms with E-state index in [0.717, 1.165) is 45.3 Å². The Labute approximate surface area is 500 Å². The van der Waals surface area contributed by atoms with Gasteiger partial charge in [-0.1, -0.05) is 291 Å². The Morgan fingerprint density at radius 1 is 0.167 bits per heavy atom. The maximum absolute atomic E-state index is 6.17. The minimum atomic E-state index is -0.898. The lowest BCUT2D eigenvalue weighted by Gasteiger charge is -2.28. The summed E-state index contributed by atoms with van der Waals surface area (Å²) in [6, 6.07) is 112. The SMILES string of the molecule is COc1cccc(P(c2ccccc2)c2ccccc2)c1-c1c(OC)cccc1P(c1ccccc1)c1ccccc1.COc1cccc(P(c2ccccc2)c2ccccc2)c1-c1c(OC)cccc1P(c1ccccc1)c1ccccc1. The summed E-state index contributed by atoms with van der Waals surface area (Å²) >= 11 is 0. The Morgan fingerprint density at radius 2 is 0.310 bits per heavy atom. The van der Waals surface area contributed by atoms with Gasteiger partial charge in [-0.05, 0) is 120 Å². The molecule has 12 aromatic carbocycles. The van der Waals surface area contributed by atoms with Crippen molar-refractivity contribution in [3.8, 4) is 45.3 Å². The third kappa shape index (κ3) is 12.6. The zero-order valence-corrected chi connectivity index (χ0v) is 51.0. The highest BCUT2D eigenvalue weighted by atomic mass is 31.1. The van der Waals surface area contributed by atoms with Crippen LogP contribution < -0.4 is 82.6 Å². The second-order valence-corrected chi connectivity index (χ2v) is 28.2. The fourth-order valence-electron chi connectivity index (χ4n) is 10.8. The molecule has 0 radical (unpaired) electrons. The minimum absolute atomic E-state index is 0.841. The molecule has 0 N–H and O–H groups in total. The van der Waals surface area contributed by atoms with Crippen LogP contribution in [-0.4, -0.2) is 28.4 Å². The summed E-state index contributed by atoms with van der Waals surface area (Å²) in [5.74, 6) is 3.37. The van der Waals surface area contributed by atoms with Crippen molar-refractivity contribution >= 4 is 95.3 Å². The molecule has 12 rings (SSSR count). The second-order valence-electron chi connectivity index (χ2n) is 19.4.